The Morgan fingerprint density at radius 2 is 1.46 bits per heavy atom. The van der Waals surface area contributed by atoms with Gasteiger partial charge in [0.15, 0.2) is 11.6 Å². The predicted molar refractivity (Wildman–Crippen MR) is 220 cm³/mol. The zero-order valence-electron chi connectivity index (χ0n) is 36.8. The Kier molecular flexibility index (Phi) is 17.5. The number of aliphatic hydroxyl groups is 5. The molecule has 3 aliphatic heterocycles. The molecule has 326 valence electrons. The standard InChI is InChI=1S/C46H76O11/c1-13-34-18-16-14-15-17-28(4)42(51)45(12,54)43(52)32(8)40(50)31(7)39(49)30(6)38(48)27(3)19-22-37(47)55-41-29(5)35(21-20-34)56-46(33(41)9)24-23-26(2)36(57-46)25-44(10,11)53/h14-16,18-19,22,26-36,38,40-42,48,50-51,53-54H,13,17,20-21,23-25H2,1-12H3/t26-,27-,28+,29+,30+,31-,32-,33-,34+,35+,36-,38-,40+,41+,42+,45+,46-/m1/s1. The maximum Gasteiger partial charge on any atom is 0.330 e. The van der Waals surface area contributed by atoms with E-state index in [9.17, 15) is 39.9 Å². The Hall–Kier alpha value is -2.25. The van der Waals surface area contributed by atoms with Crippen LogP contribution in [0.1, 0.15) is 128 Å². The van der Waals surface area contributed by atoms with Crippen LogP contribution in [0.5, 0.6) is 0 Å². The average molecular weight is 805 g/mol. The Morgan fingerprint density at radius 1 is 0.825 bits per heavy atom. The fraction of sp³-hybridized carbons (Fsp3) is 0.804. The van der Waals surface area contributed by atoms with E-state index in [1.165, 1.54) is 39.8 Å². The molecule has 1 spiro atoms. The quantitative estimate of drug-likeness (QED) is 0.203. The lowest BCUT2D eigenvalue weighted by Crippen LogP contribution is -2.62. The van der Waals surface area contributed by atoms with Crippen LogP contribution in [0, 0.1) is 53.3 Å². The van der Waals surface area contributed by atoms with E-state index in [-0.39, 0.29) is 35.9 Å². The van der Waals surface area contributed by atoms with E-state index < -0.39 is 88.5 Å². The lowest BCUT2D eigenvalue weighted by molar-refractivity contribution is -0.372. The molecule has 2 saturated heterocycles. The summed E-state index contributed by atoms with van der Waals surface area (Å²) < 4.78 is 20.1. The average Bonchev–Trinajstić information content (AvgIpc) is 3.16. The number of hydrogen-bond donors (Lipinski definition) is 5. The molecule has 57 heavy (non-hydrogen) atoms. The zero-order chi connectivity index (χ0) is 43.2. The number of ketones is 2. The Morgan fingerprint density at radius 3 is 2.07 bits per heavy atom. The molecule has 5 N–H and O–H groups in total. The summed E-state index contributed by atoms with van der Waals surface area (Å²) in [6.45, 7) is 20.9. The van der Waals surface area contributed by atoms with Gasteiger partial charge in [-0.3, -0.25) is 9.59 Å². The summed E-state index contributed by atoms with van der Waals surface area (Å²) in [5.74, 6) is -7.36. The third kappa shape index (κ3) is 12.2. The number of aliphatic hydroxyl groups excluding tert-OH is 3. The molecular formula is C46H76O11. The van der Waals surface area contributed by atoms with Gasteiger partial charge in [-0.05, 0) is 70.6 Å². The highest BCUT2D eigenvalue weighted by molar-refractivity contribution is 5.91. The first kappa shape index (κ1) is 49.1. The topological polar surface area (TPSA) is 180 Å². The first-order valence-corrected chi connectivity index (χ1v) is 21.5. The maximum absolute atomic E-state index is 13.6. The smallest absolute Gasteiger partial charge is 0.330 e. The van der Waals surface area contributed by atoms with Crippen molar-refractivity contribution in [1.29, 1.82) is 0 Å². The molecule has 11 heteroatoms. The Bertz CT molecular complexity index is 1430. The van der Waals surface area contributed by atoms with Crippen molar-refractivity contribution in [2.24, 2.45) is 53.3 Å². The fourth-order valence-corrected chi connectivity index (χ4v) is 9.13. The highest BCUT2D eigenvalue weighted by Gasteiger charge is 2.56. The highest BCUT2D eigenvalue weighted by Crippen LogP contribution is 2.49. The van der Waals surface area contributed by atoms with Crippen molar-refractivity contribution < 1.29 is 54.1 Å². The van der Waals surface area contributed by atoms with Crippen LogP contribution in [0.15, 0.2) is 36.5 Å². The van der Waals surface area contributed by atoms with Gasteiger partial charge in [-0.15, -0.1) is 0 Å². The molecule has 0 saturated carbocycles. The summed E-state index contributed by atoms with van der Waals surface area (Å²) in [6.07, 6.45) is 10.0. The second-order valence-electron chi connectivity index (χ2n) is 18.9. The van der Waals surface area contributed by atoms with Gasteiger partial charge < -0.3 is 39.7 Å². The second kappa shape index (κ2) is 20.3. The summed E-state index contributed by atoms with van der Waals surface area (Å²) >= 11 is 0. The van der Waals surface area contributed by atoms with Crippen molar-refractivity contribution in [3.05, 3.63) is 36.5 Å². The number of carbonyl (C=O) groups is 3. The van der Waals surface area contributed by atoms with E-state index in [0.717, 1.165) is 19.3 Å². The predicted octanol–water partition coefficient (Wildman–Crippen LogP) is 6.27. The molecule has 3 rings (SSSR count). The van der Waals surface area contributed by atoms with E-state index >= 15 is 0 Å². The van der Waals surface area contributed by atoms with Gasteiger partial charge in [-0.2, -0.15) is 0 Å². The third-order valence-electron chi connectivity index (χ3n) is 13.5. The fourth-order valence-electron chi connectivity index (χ4n) is 9.13. The van der Waals surface area contributed by atoms with Crippen molar-refractivity contribution >= 4 is 17.5 Å². The molecule has 11 nitrogen and oxygen atoms in total. The molecule has 3 heterocycles. The molecule has 0 aliphatic carbocycles. The largest absolute Gasteiger partial charge is 0.458 e. The minimum Gasteiger partial charge on any atom is -0.458 e. The van der Waals surface area contributed by atoms with E-state index in [2.05, 4.69) is 19.9 Å². The first-order chi connectivity index (χ1) is 26.4. The van der Waals surface area contributed by atoms with Gasteiger partial charge in [-0.1, -0.05) is 92.7 Å². The number of hydrogen-bond acceptors (Lipinski definition) is 11. The minimum absolute atomic E-state index is 0.174. The summed E-state index contributed by atoms with van der Waals surface area (Å²) in [6, 6.07) is 0. The molecule has 3 aliphatic rings. The van der Waals surface area contributed by atoms with Crippen LogP contribution in [-0.2, 0) is 28.6 Å². The van der Waals surface area contributed by atoms with E-state index in [4.69, 9.17) is 14.2 Å². The molecule has 0 unspecified atom stereocenters. The Labute approximate surface area is 342 Å². The van der Waals surface area contributed by atoms with Crippen molar-refractivity contribution in [2.75, 3.05) is 0 Å². The normalized spacial score (nSPS) is 44.2. The lowest BCUT2D eigenvalue weighted by Gasteiger charge is -2.55. The van der Waals surface area contributed by atoms with Gasteiger partial charge in [0.1, 0.15) is 17.5 Å². The number of carbonyl (C=O) groups excluding carboxylic acids is 3. The van der Waals surface area contributed by atoms with Crippen LogP contribution >= 0.6 is 0 Å². The van der Waals surface area contributed by atoms with Crippen molar-refractivity contribution in [1.82, 2.24) is 0 Å². The summed E-state index contributed by atoms with van der Waals surface area (Å²) in [5.41, 5.74) is -3.13. The molecule has 2 fully saturated rings. The van der Waals surface area contributed by atoms with Crippen LogP contribution in [-0.4, -0.2) is 96.7 Å². The van der Waals surface area contributed by atoms with Crippen molar-refractivity contribution in [2.45, 2.75) is 182 Å². The molecular weight excluding hydrogens is 728 g/mol. The van der Waals surface area contributed by atoms with Crippen molar-refractivity contribution in [3.8, 4) is 0 Å². The lowest BCUT2D eigenvalue weighted by atomic mass is 9.74. The van der Waals surface area contributed by atoms with Crippen LogP contribution in [0.3, 0.4) is 0 Å². The summed E-state index contributed by atoms with van der Waals surface area (Å²) in [4.78, 5) is 40.6. The SMILES string of the molecule is CC[C@H]1C=CC=CC[C@H](C)[C@H](O)[C@](C)(O)C(=O)[C@H](C)[C@@H](O)[C@H](C)C(=O)[C@@H](C)[C@H](O)[C@H](C)C=CC(=O)O[C@H]2[C@@H](C)[C@H](CC1)O[C@@]1(CC[C@@H](C)[C@@H](CC(C)(C)O)O1)[C@@H]2C. The van der Waals surface area contributed by atoms with Gasteiger partial charge in [0.2, 0.25) is 0 Å². The monoisotopic (exact) mass is 805 g/mol. The summed E-state index contributed by atoms with van der Waals surface area (Å²) in [5, 5.41) is 55.5. The zero-order valence-corrected chi connectivity index (χ0v) is 36.8. The van der Waals surface area contributed by atoms with E-state index in [1.54, 1.807) is 27.7 Å². The Balaban J connectivity index is 2.00. The maximum atomic E-state index is 13.6. The van der Waals surface area contributed by atoms with E-state index in [1.807, 2.05) is 32.1 Å². The molecule has 0 radical (unpaired) electrons. The number of fused-ring (bicyclic) bond motifs is 2. The molecule has 0 aromatic carbocycles. The molecule has 0 aromatic heterocycles. The number of ether oxygens (including phenoxy) is 3. The van der Waals surface area contributed by atoms with Gasteiger partial charge in [0.05, 0.1) is 36.1 Å². The van der Waals surface area contributed by atoms with Crippen LogP contribution in [0.4, 0.5) is 0 Å². The molecule has 17 atom stereocenters. The second-order valence-corrected chi connectivity index (χ2v) is 18.9. The summed E-state index contributed by atoms with van der Waals surface area (Å²) in [7, 11) is 0. The molecule has 0 aromatic rings. The van der Waals surface area contributed by atoms with Gasteiger partial charge in [0.25, 0.3) is 0 Å². The van der Waals surface area contributed by atoms with Crippen molar-refractivity contribution in [3.63, 3.8) is 0 Å². The van der Waals surface area contributed by atoms with Crippen LogP contribution < -0.4 is 0 Å². The third-order valence-corrected chi connectivity index (χ3v) is 13.5. The van der Waals surface area contributed by atoms with Gasteiger partial charge in [0, 0.05) is 54.4 Å². The van der Waals surface area contributed by atoms with Gasteiger partial charge >= 0.3 is 5.97 Å². The van der Waals surface area contributed by atoms with Crippen LogP contribution in [0.2, 0.25) is 0 Å². The first-order valence-electron chi connectivity index (χ1n) is 21.5. The number of Topliss-reactive ketones (excluding diaryl/α,β-unsaturated/α-hetero) is 2. The molecule has 2 bridgehead atoms. The number of rotatable bonds is 3. The van der Waals surface area contributed by atoms with Crippen LogP contribution in [0.25, 0.3) is 0 Å². The number of allylic oxidation sites excluding steroid dienone is 4. The van der Waals surface area contributed by atoms with E-state index in [0.29, 0.717) is 25.7 Å². The minimum atomic E-state index is -2.19. The number of esters is 1. The highest BCUT2D eigenvalue weighted by atomic mass is 16.7. The molecule has 0 amide bonds. The van der Waals surface area contributed by atoms with Gasteiger partial charge in [-0.25, -0.2) is 4.79 Å².